The molecule has 5 nitrogen and oxygen atoms in total. The number of oxime groups is 1. The number of rotatable bonds is 4. The van der Waals surface area contributed by atoms with Crippen molar-refractivity contribution in [1.29, 1.82) is 0 Å². The third kappa shape index (κ3) is 1.66. The van der Waals surface area contributed by atoms with Crippen molar-refractivity contribution in [2.24, 2.45) is 46.4 Å². The van der Waals surface area contributed by atoms with Crippen LogP contribution < -0.4 is 11.1 Å². The molecule has 104 valence electrons. The van der Waals surface area contributed by atoms with E-state index < -0.39 is 0 Å². The molecule has 19 heavy (non-hydrogen) atoms. The summed E-state index contributed by atoms with van der Waals surface area (Å²) in [6.45, 7) is 0. The van der Waals surface area contributed by atoms with E-state index in [1.54, 1.807) is 0 Å². The van der Waals surface area contributed by atoms with Crippen molar-refractivity contribution in [3.05, 3.63) is 0 Å². The van der Waals surface area contributed by atoms with Crippen LogP contribution in [-0.4, -0.2) is 23.0 Å². The number of amides is 1. The highest BCUT2D eigenvalue weighted by Gasteiger charge is 2.67. The van der Waals surface area contributed by atoms with Crippen LogP contribution in [0.3, 0.4) is 0 Å². The minimum atomic E-state index is -0.253. The van der Waals surface area contributed by atoms with Crippen molar-refractivity contribution in [2.45, 2.75) is 38.1 Å². The topological polar surface area (TPSA) is 87.7 Å². The summed E-state index contributed by atoms with van der Waals surface area (Å²) >= 11 is 0. The monoisotopic (exact) mass is 263 g/mol. The lowest BCUT2D eigenvalue weighted by molar-refractivity contribution is -0.123. The molecule has 5 heteroatoms. The van der Waals surface area contributed by atoms with E-state index in [2.05, 4.69) is 10.5 Å². The van der Waals surface area contributed by atoms with Gasteiger partial charge in [-0.2, -0.15) is 0 Å². The molecule has 1 amide bonds. The molecule has 0 radical (unpaired) electrons. The van der Waals surface area contributed by atoms with Gasteiger partial charge in [0.15, 0.2) is 5.84 Å². The lowest BCUT2D eigenvalue weighted by atomic mass is 10.0. The molecule has 0 saturated heterocycles. The van der Waals surface area contributed by atoms with Crippen LogP contribution in [0.1, 0.15) is 32.1 Å². The molecule has 0 heterocycles. The zero-order valence-corrected chi connectivity index (χ0v) is 11.0. The summed E-state index contributed by atoms with van der Waals surface area (Å²) in [5, 5.41) is 14.9. The molecular weight excluding hydrogens is 242 g/mol. The number of nitrogens with two attached hydrogens (primary N) is 1. The predicted molar refractivity (Wildman–Crippen MR) is 69.4 cm³/mol. The van der Waals surface area contributed by atoms with E-state index in [9.17, 15) is 4.79 Å². The molecule has 4 aliphatic carbocycles. The Balaban J connectivity index is 1.42. The van der Waals surface area contributed by atoms with Gasteiger partial charge in [0.1, 0.15) is 0 Å². The number of nitrogens with one attached hydrogen (secondary N) is 1. The van der Waals surface area contributed by atoms with Crippen molar-refractivity contribution >= 4 is 11.7 Å². The molecule has 2 bridgehead atoms. The van der Waals surface area contributed by atoms with Crippen LogP contribution in [0.2, 0.25) is 0 Å². The standard InChI is InChI=1S/C14H21N3O2/c15-13(17-19)12(6-1-2-6)16-14(18)11-9-7-3-4-8(5-7)10(9)11/h6-12,19H,1-5H2,(H2,15,17)(H,16,18). The fourth-order valence-corrected chi connectivity index (χ4v) is 4.85. The van der Waals surface area contributed by atoms with Crippen molar-refractivity contribution in [3.8, 4) is 0 Å². The molecule has 4 saturated carbocycles. The molecule has 5 unspecified atom stereocenters. The van der Waals surface area contributed by atoms with Crippen molar-refractivity contribution in [3.63, 3.8) is 0 Å². The van der Waals surface area contributed by atoms with Crippen LogP contribution in [-0.2, 0) is 4.79 Å². The third-order valence-electron chi connectivity index (χ3n) is 5.86. The van der Waals surface area contributed by atoms with E-state index >= 15 is 0 Å². The Morgan fingerprint density at radius 2 is 1.84 bits per heavy atom. The summed E-state index contributed by atoms with van der Waals surface area (Å²) in [5.41, 5.74) is 5.70. The first kappa shape index (κ1) is 11.6. The molecule has 4 aliphatic rings. The number of fused-ring (bicyclic) bond motifs is 5. The Labute approximate surface area is 112 Å². The Morgan fingerprint density at radius 1 is 1.21 bits per heavy atom. The zero-order valence-electron chi connectivity index (χ0n) is 11.0. The van der Waals surface area contributed by atoms with Gasteiger partial charge in [-0.25, -0.2) is 0 Å². The largest absolute Gasteiger partial charge is 0.409 e. The Hall–Kier alpha value is -1.26. The normalized spacial score (nSPS) is 44.8. The number of hydrogen-bond acceptors (Lipinski definition) is 3. The SMILES string of the molecule is NC(=NO)C(NC(=O)C1C2C3CCC(C3)C12)C1CC1. The van der Waals surface area contributed by atoms with Gasteiger partial charge in [-0.1, -0.05) is 5.16 Å². The van der Waals surface area contributed by atoms with Crippen LogP contribution in [0.5, 0.6) is 0 Å². The second-order valence-corrected chi connectivity index (χ2v) is 6.86. The maximum atomic E-state index is 12.4. The van der Waals surface area contributed by atoms with Crippen LogP contribution in [0.4, 0.5) is 0 Å². The third-order valence-corrected chi connectivity index (χ3v) is 5.86. The van der Waals surface area contributed by atoms with Gasteiger partial charge < -0.3 is 16.3 Å². The number of carbonyl (C=O) groups is 1. The lowest BCUT2D eigenvalue weighted by Crippen LogP contribution is -2.47. The lowest BCUT2D eigenvalue weighted by Gasteiger charge is -2.18. The number of amidine groups is 1. The van der Waals surface area contributed by atoms with Gasteiger partial charge in [0.2, 0.25) is 5.91 Å². The zero-order chi connectivity index (χ0) is 13.1. The summed E-state index contributed by atoms with van der Waals surface area (Å²) in [6.07, 6.45) is 6.11. The fourth-order valence-electron chi connectivity index (χ4n) is 4.85. The molecule has 0 aromatic carbocycles. The van der Waals surface area contributed by atoms with Gasteiger partial charge in [0.05, 0.1) is 6.04 Å². The Morgan fingerprint density at radius 3 is 2.37 bits per heavy atom. The van der Waals surface area contributed by atoms with Crippen molar-refractivity contribution in [1.82, 2.24) is 5.32 Å². The van der Waals surface area contributed by atoms with E-state index in [0.29, 0.717) is 17.8 Å². The molecule has 4 fully saturated rings. The molecule has 0 aromatic rings. The average Bonchev–Trinajstić information content (AvgIpc) is 3.33. The van der Waals surface area contributed by atoms with Crippen molar-refractivity contribution < 1.29 is 10.0 Å². The average molecular weight is 263 g/mol. The fraction of sp³-hybridized carbons (Fsp3) is 0.857. The molecule has 4 N–H and O–H groups in total. The summed E-state index contributed by atoms with van der Waals surface area (Å²) < 4.78 is 0. The quantitative estimate of drug-likeness (QED) is 0.305. The summed E-state index contributed by atoms with van der Waals surface area (Å²) in [4.78, 5) is 12.4. The second kappa shape index (κ2) is 3.87. The van der Waals surface area contributed by atoms with Gasteiger partial charge in [-0.15, -0.1) is 0 Å². The number of carbonyl (C=O) groups excluding carboxylic acids is 1. The highest BCUT2D eigenvalue weighted by atomic mass is 16.4. The molecule has 4 rings (SSSR count). The summed E-state index contributed by atoms with van der Waals surface area (Å²) in [6, 6.07) is -0.253. The molecule has 5 atom stereocenters. The summed E-state index contributed by atoms with van der Waals surface area (Å²) in [7, 11) is 0. The molecule has 0 spiro atoms. The second-order valence-electron chi connectivity index (χ2n) is 6.86. The number of nitrogens with zero attached hydrogens (tertiary/aromatic N) is 1. The van der Waals surface area contributed by atoms with Crippen LogP contribution in [0.15, 0.2) is 5.16 Å². The smallest absolute Gasteiger partial charge is 0.224 e. The van der Waals surface area contributed by atoms with Gasteiger partial charge in [0, 0.05) is 5.92 Å². The first-order valence-electron chi connectivity index (χ1n) is 7.48. The van der Waals surface area contributed by atoms with Gasteiger partial charge in [-0.05, 0) is 61.7 Å². The first-order chi connectivity index (χ1) is 9.20. The van der Waals surface area contributed by atoms with Crippen LogP contribution in [0.25, 0.3) is 0 Å². The first-order valence-corrected chi connectivity index (χ1v) is 7.48. The van der Waals surface area contributed by atoms with Gasteiger partial charge >= 0.3 is 0 Å². The van der Waals surface area contributed by atoms with E-state index in [0.717, 1.165) is 24.7 Å². The van der Waals surface area contributed by atoms with E-state index in [1.165, 1.54) is 19.3 Å². The molecule has 0 aromatic heterocycles. The Bertz CT molecular complexity index is 430. The minimum absolute atomic E-state index is 0.148. The molecule has 0 aliphatic heterocycles. The van der Waals surface area contributed by atoms with E-state index in [1.807, 2.05) is 0 Å². The highest BCUT2D eigenvalue weighted by molar-refractivity contribution is 5.92. The minimum Gasteiger partial charge on any atom is -0.409 e. The van der Waals surface area contributed by atoms with Gasteiger partial charge in [0.25, 0.3) is 0 Å². The van der Waals surface area contributed by atoms with Crippen LogP contribution in [0, 0.1) is 35.5 Å². The molecular formula is C14H21N3O2. The highest BCUT2D eigenvalue weighted by Crippen LogP contribution is 2.69. The van der Waals surface area contributed by atoms with Crippen LogP contribution >= 0.6 is 0 Å². The van der Waals surface area contributed by atoms with Gasteiger partial charge in [-0.3, -0.25) is 4.79 Å². The maximum absolute atomic E-state index is 12.4. The Kier molecular flexibility index (Phi) is 2.35. The summed E-state index contributed by atoms with van der Waals surface area (Å²) in [5.74, 6) is 3.79. The number of hydrogen-bond donors (Lipinski definition) is 3. The van der Waals surface area contributed by atoms with E-state index in [4.69, 9.17) is 10.9 Å². The van der Waals surface area contributed by atoms with E-state index in [-0.39, 0.29) is 23.7 Å². The predicted octanol–water partition coefficient (Wildman–Crippen LogP) is 0.920. The maximum Gasteiger partial charge on any atom is 0.224 e. The van der Waals surface area contributed by atoms with Crippen molar-refractivity contribution in [2.75, 3.05) is 0 Å².